The zero-order valence-corrected chi connectivity index (χ0v) is 17.0. The lowest BCUT2D eigenvalue weighted by molar-refractivity contribution is 0.0203. The first-order valence-electron chi connectivity index (χ1n) is 9.23. The van der Waals surface area contributed by atoms with Crippen molar-refractivity contribution >= 4 is 21.9 Å². The van der Waals surface area contributed by atoms with Gasteiger partial charge in [-0.25, -0.2) is 4.39 Å². The number of hydrogen-bond acceptors (Lipinski definition) is 3. The molecular formula is C19H29BrFN3O2. The lowest BCUT2D eigenvalue weighted by Gasteiger charge is -2.21. The summed E-state index contributed by atoms with van der Waals surface area (Å²) in [5.74, 6) is 1.19. The minimum Gasteiger partial charge on any atom is -0.381 e. The maximum Gasteiger partial charge on any atom is 0.190 e. The number of nitrogens with zero attached hydrogens (tertiary/aromatic N) is 1. The first kappa shape index (κ1) is 21.1. The second-order valence-corrected chi connectivity index (χ2v) is 7.26. The first-order chi connectivity index (χ1) is 12.7. The highest BCUT2D eigenvalue weighted by atomic mass is 79.9. The molecule has 1 saturated heterocycles. The molecule has 0 aliphatic carbocycles. The van der Waals surface area contributed by atoms with Gasteiger partial charge in [0.15, 0.2) is 5.96 Å². The van der Waals surface area contributed by atoms with Crippen LogP contribution in [-0.4, -0.2) is 52.5 Å². The van der Waals surface area contributed by atoms with Crippen LogP contribution in [0.5, 0.6) is 0 Å². The van der Waals surface area contributed by atoms with E-state index in [9.17, 15) is 4.39 Å². The lowest BCUT2D eigenvalue weighted by atomic mass is 10.0. The smallest absolute Gasteiger partial charge is 0.190 e. The highest BCUT2D eigenvalue weighted by Crippen LogP contribution is 2.17. The van der Waals surface area contributed by atoms with Crippen LogP contribution in [0.25, 0.3) is 0 Å². The van der Waals surface area contributed by atoms with Gasteiger partial charge in [0.2, 0.25) is 0 Å². The van der Waals surface area contributed by atoms with Crippen LogP contribution in [0.4, 0.5) is 4.39 Å². The second kappa shape index (κ2) is 12.3. The summed E-state index contributed by atoms with van der Waals surface area (Å²) in [4.78, 5) is 4.21. The molecule has 0 amide bonds. The van der Waals surface area contributed by atoms with E-state index in [0.29, 0.717) is 10.4 Å². The van der Waals surface area contributed by atoms with Crippen molar-refractivity contribution in [1.29, 1.82) is 0 Å². The van der Waals surface area contributed by atoms with Gasteiger partial charge in [-0.2, -0.15) is 0 Å². The fourth-order valence-electron chi connectivity index (χ4n) is 2.79. The number of aliphatic imine (C=N–C) groups is 1. The highest BCUT2D eigenvalue weighted by molar-refractivity contribution is 9.10. The van der Waals surface area contributed by atoms with Crippen molar-refractivity contribution in [3.8, 4) is 0 Å². The fourth-order valence-corrected chi connectivity index (χ4v) is 3.21. The van der Waals surface area contributed by atoms with Gasteiger partial charge in [-0.15, -0.1) is 0 Å². The largest absolute Gasteiger partial charge is 0.381 e. The van der Waals surface area contributed by atoms with Gasteiger partial charge in [0.05, 0.1) is 4.47 Å². The monoisotopic (exact) mass is 429 g/mol. The Morgan fingerprint density at radius 3 is 2.81 bits per heavy atom. The first-order valence-corrected chi connectivity index (χ1v) is 10.0. The van der Waals surface area contributed by atoms with Gasteiger partial charge < -0.3 is 20.1 Å². The summed E-state index contributed by atoms with van der Waals surface area (Å²) >= 11 is 3.21. The van der Waals surface area contributed by atoms with E-state index in [0.717, 1.165) is 76.7 Å². The molecule has 0 radical (unpaired) electrons. The van der Waals surface area contributed by atoms with E-state index in [4.69, 9.17) is 9.47 Å². The summed E-state index contributed by atoms with van der Waals surface area (Å²) < 4.78 is 24.8. The quantitative estimate of drug-likeness (QED) is 0.359. The molecule has 146 valence electrons. The molecule has 2 rings (SSSR count). The molecule has 0 unspecified atom stereocenters. The lowest BCUT2D eigenvalue weighted by Crippen LogP contribution is -2.39. The summed E-state index contributed by atoms with van der Waals surface area (Å²) in [6.45, 7) is 4.88. The van der Waals surface area contributed by atoms with E-state index >= 15 is 0 Å². The Labute approximate surface area is 163 Å². The molecule has 1 heterocycles. The molecule has 2 N–H and O–H groups in total. The number of nitrogens with one attached hydrogen (secondary N) is 2. The van der Waals surface area contributed by atoms with E-state index in [-0.39, 0.29) is 5.82 Å². The van der Waals surface area contributed by atoms with Crippen molar-refractivity contribution in [3.05, 3.63) is 34.1 Å². The summed E-state index contributed by atoms with van der Waals surface area (Å²) in [7, 11) is 1.76. The molecule has 1 aromatic carbocycles. The van der Waals surface area contributed by atoms with Crippen molar-refractivity contribution in [2.45, 2.75) is 25.7 Å². The average molecular weight is 430 g/mol. The predicted octanol–water partition coefficient (Wildman–Crippen LogP) is 3.13. The Balaban J connectivity index is 1.52. The van der Waals surface area contributed by atoms with Gasteiger partial charge in [-0.1, -0.05) is 6.07 Å². The van der Waals surface area contributed by atoms with Gasteiger partial charge in [0.25, 0.3) is 0 Å². The molecule has 0 saturated carbocycles. The van der Waals surface area contributed by atoms with E-state index in [1.807, 2.05) is 6.07 Å². The van der Waals surface area contributed by atoms with E-state index in [2.05, 4.69) is 31.6 Å². The number of rotatable bonds is 9. The number of guanidine groups is 1. The standard InChI is InChI=1S/C19H29BrFN3O2/c1-22-19(24-9-5-15-3-4-18(21)17(20)13-15)23-8-2-10-26-14-16-6-11-25-12-7-16/h3-4,13,16H,2,5-12,14H2,1H3,(H2,22,23,24). The van der Waals surface area contributed by atoms with Gasteiger partial charge >= 0.3 is 0 Å². The Morgan fingerprint density at radius 2 is 2.08 bits per heavy atom. The van der Waals surface area contributed by atoms with Crippen LogP contribution in [-0.2, 0) is 15.9 Å². The maximum atomic E-state index is 13.2. The van der Waals surface area contributed by atoms with Crippen LogP contribution < -0.4 is 10.6 Å². The zero-order valence-electron chi connectivity index (χ0n) is 15.4. The van der Waals surface area contributed by atoms with Crippen molar-refractivity contribution < 1.29 is 13.9 Å². The Kier molecular flexibility index (Phi) is 9.95. The topological polar surface area (TPSA) is 54.9 Å². The van der Waals surface area contributed by atoms with Gasteiger partial charge in [-0.3, -0.25) is 4.99 Å². The van der Waals surface area contributed by atoms with Crippen molar-refractivity contribution in [2.24, 2.45) is 10.9 Å². The van der Waals surface area contributed by atoms with Crippen molar-refractivity contribution in [1.82, 2.24) is 10.6 Å². The third-order valence-electron chi connectivity index (χ3n) is 4.37. The van der Waals surface area contributed by atoms with Crippen molar-refractivity contribution in [3.63, 3.8) is 0 Å². The summed E-state index contributed by atoms with van der Waals surface area (Å²) in [6, 6.07) is 5.09. The third-order valence-corrected chi connectivity index (χ3v) is 4.97. The number of halogens is 2. The minimum atomic E-state index is -0.238. The van der Waals surface area contributed by atoms with Crippen LogP contribution in [0.3, 0.4) is 0 Å². The maximum absolute atomic E-state index is 13.2. The Hall–Kier alpha value is -1.18. The molecule has 1 aliphatic rings. The average Bonchev–Trinajstić information content (AvgIpc) is 2.66. The van der Waals surface area contributed by atoms with Crippen LogP contribution in [0.2, 0.25) is 0 Å². The van der Waals surface area contributed by atoms with E-state index in [1.165, 1.54) is 6.07 Å². The predicted molar refractivity (Wildman–Crippen MR) is 106 cm³/mol. The molecule has 26 heavy (non-hydrogen) atoms. The third kappa shape index (κ3) is 8.01. The molecule has 0 aromatic heterocycles. The Morgan fingerprint density at radius 1 is 1.31 bits per heavy atom. The zero-order chi connectivity index (χ0) is 18.6. The van der Waals surface area contributed by atoms with E-state index < -0.39 is 0 Å². The molecular weight excluding hydrogens is 401 g/mol. The summed E-state index contributed by atoms with van der Waals surface area (Å²) in [6.07, 6.45) is 3.96. The minimum absolute atomic E-state index is 0.238. The van der Waals surface area contributed by atoms with Crippen LogP contribution in [0.1, 0.15) is 24.8 Å². The van der Waals surface area contributed by atoms with Crippen LogP contribution in [0, 0.1) is 11.7 Å². The van der Waals surface area contributed by atoms with E-state index in [1.54, 1.807) is 13.1 Å². The second-order valence-electron chi connectivity index (χ2n) is 6.41. The molecule has 0 bridgehead atoms. The van der Waals surface area contributed by atoms with Crippen molar-refractivity contribution in [2.75, 3.05) is 46.6 Å². The van der Waals surface area contributed by atoms with Gasteiger partial charge in [0.1, 0.15) is 5.82 Å². The fraction of sp³-hybridized carbons (Fsp3) is 0.632. The molecule has 1 fully saturated rings. The molecule has 0 atom stereocenters. The SMILES string of the molecule is CN=C(NCCCOCC1CCOCC1)NCCc1ccc(F)c(Br)c1. The molecule has 1 aliphatic heterocycles. The Bertz CT molecular complexity index is 566. The van der Waals surface area contributed by atoms with Gasteiger partial charge in [-0.05, 0) is 65.2 Å². The number of hydrogen-bond donors (Lipinski definition) is 2. The molecule has 7 heteroatoms. The number of ether oxygens (including phenoxy) is 2. The van der Waals surface area contributed by atoms with Gasteiger partial charge in [0, 0.05) is 46.6 Å². The highest BCUT2D eigenvalue weighted by Gasteiger charge is 2.13. The van der Waals surface area contributed by atoms with Crippen LogP contribution >= 0.6 is 15.9 Å². The normalized spacial score (nSPS) is 15.9. The molecule has 5 nitrogen and oxygen atoms in total. The van der Waals surface area contributed by atoms with Crippen LogP contribution in [0.15, 0.2) is 27.7 Å². The molecule has 0 spiro atoms. The summed E-state index contributed by atoms with van der Waals surface area (Å²) in [5, 5.41) is 6.55. The summed E-state index contributed by atoms with van der Waals surface area (Å²) in [5.41, 5.74) is 1.07. The number of benzene rings is 1. The molecule has 1 aromatic rings.